The second kappa shape index (κ2) is 7.15. The van der Waals surface area contributed by atoms with Crippen molar-refractivity contribution in [3.63, 3.8) is 0 Å². The fourth-order valence-electron chi connectivity index (χ4n) is 2.85. The molecule has 31 heavy (non-hydrogen) atoms. The number of halogens is 6. The number of furan rings is 1. The predicted molar refractivity (Wildman–Crippen MR) is 95.1 cm³/mol. The average molecular weight is 440 g/mol. The van der Waals surface area contributed by atoms with Gasteiger partial charge in [-0.05, 0) is 36.4 Å². The van der Waals surface area contributed by atoms with Crippen LogP contribution in [0.2, 0.25) is 0 Å². The van der Waals surface area contributed by atoms with Crippen molar-refractivity contribution in [2.24, 2.45) is 0 Å². The third-order valence-electron chi connectivity index (χ3n) is 4.23. The molecule has 0 atom stereocenters. The Labute approximate surface area is 169 Å². The molecule has 0 fully saturated rings. The Morgan fingerprint density at radius 3 is 2.42 bits per heavy atom. The molecule has 0 saturated carbocycles. The van der Waals surface area contributed by atoms with E-state index >= 15 is 0 Å². The number of amides is 1. The summed E-state index contributed by atoms with van der Waals surface area (Å²) in [5, 5.41) is 5.81. The number of nitrogens with one attached hydrogen (secondary N) is 1. The first-order valence-corrected chi connectivity index (χ1v) is 8.52. The first-order valence-electron chi connectivity index (χ1n) is 8.52. The molecule has 1 aromatic carbocycles. The van der Waals surface area contributed by atoms with Gasteiger partial charge in [0.2, 0.25) is 0 Å². The molecule has 3 aromatic heterocycles. The molecule has 4 aromatic rings. The Morgan fingerprint density at radius 2 is 1.77 bits per heavy atom. The van der Waals surface area contributed by atoms with Gasteiger partial charge in [0.15, 0.2) is 17.1 Å². The molecule has 160 valence electrons. The Morgan fingerprint density at radius 1 is 1.00 bits per heavy atom. The number of fused-ring (bicyclic) bond motifs is 1. The van der Waals surface area contributed by atoms with Crippen molar-refractivity contribution in [2.75, 3.05) is 5.32 Å². The van der Waals surface area contributed by atoms with Gasteiger partial charge >= 0.3 is 12.4 Å². The van der Waals surface area contributed by atoms with Crippen molar-refractivity contribution >= 4 is 17.2 Å². The summed E-state index contributed by atoms with van der Waals surface area (Å²) in [6.07, 6.45) is -7.37. The summed E-state index contributed by atoms with van der Waals surface area (Å²) in [4.78, 5) is 16.7. The fraction of sp³-hybridized carbons (Fsp3) is 0.105. The summed E-state index contributed by atoms with van der Waals surface area (Å²) in [6.45, 7) is 0. The lowest BCUT2D eigenvalue weighted by Gasteiger charge is -2.11. The molecule has 0 unspecified atom stereocenters. The lowest BCUT2D eigenvalue weighted by molar-refractivity contribution is -0.142. The number of aromatic nitrogens is 3. The fourth-order valence-corrected chi connectivity index (χ4v) is 2.85. The largest absolute Gasteiger partial charge is 0.463 e. The predicted octanol–water partition coefficient (Wildman–Crippen LogP) is 5.28. The van der Waals surface area contributed by atoms with Crippen LogP contribution in [0.4, 0.5) is 32.0 Å². The maximum Gasteiger partial charge on any atom is 0.433 e. The zero-order chi connectivity index (χ0) is 22.4. The highest BCUT2D eigenvalue weighted by atomic mass is 19.4. The van der Waals surface area contributed by atoms with Gasteiger partial charge in [-0.1, -0.05) is 6.07 Å². The van der Waals surface area contributed by atoms with Crippen LogP contribution in [0, 0.1) is 0 Å². The topological polar surface area (TPSA) is 72.4 Å². The standard InChI is InChI=1S/C19H10F6N4O2/c20-18(21,22)10-3-1-4-11(7-10)27-17(30)12-9-26-29-15(19(23,24)25)8-13(28-16(12)29)14-5-2-6-31-14/h1-9H,(H,27,30). The Bertz CT molecular complexity index is 1260. The number of alkyl halides is 6. The van der Waals surface area contributed by atoms with E-state index < -0.39 is 35.2 Å². The van der Waals surface area contributed by atoms with Crippen LogP contribution in [0.1, 0.15) is 21.6 Å². The van der Waals surface area contributed by atoms with Gasteiger partial charge in [0.05, 0.1) is 18.0 Å². The number of carbonyl (C=O) groups excluding carboxylic acids is 1. The van der Waals surface area contributed by atoms with Gasteiger partial charge in [0, 0.05) is 5.69 Å². The van der Waals surface area contributed by atoms with Crippen LogP contribution in [0.5, 0.6) is 0 Å². The van der Waals surface area contributed by atoms with Crippen LogP contribution in [0.25, 0.3) is 17.1 Å². The lowest BCUT2D eigenvalue weighted by atomic mass is 10.2. The van der Waals surface area contributed by atoms with E-state index in [1.54, 1.807) is 0 Å². The smallest absolute Gasteiger partial charge is 0.433 e. The first kappa shape index (κ1) is 20.4. The van der Waals surface area contributed by atoms with Crippen molar-refractivity contribution in [1.82, 2.24) is 14.6 Å². The number of carbonyl (C=O) groups is 1. The van der Waals surface area contributed by atoms with Crippen LogP contribution in [-0.4, -0.2) is 20.5 Å². The minimum Gasteiger partial charge on any atom is -0.463 e. The van der Waals surface area contributed by atoms with Gasteiger partial charge in [0.25, 0.3) is 5.91 Å². The molecule has 0 radical (unpaired) electrons. The van der Waals surface area contributed by atoms with Crippen LogP contribution >= 0.6 is 0 Å². The van der Waals surface area contributed by atoms with E-state index in [0.717, 1.165) is 18.3 Å². The summed E-state index contributed by atoms with van der Waals surface area (Å²) in [5.41, 5.74) is -3.40. The van der Waals surface area contributed by atoms with E-state index in [1.807, 2.05) is 0 Å². The van der Waals surface area contributed by atoms with Crippen LogP contribution in [0.3, 0.4) is 0 Å². The summed E-state index contributed by atoms with van der Waals surface area (Å²) in [7, 11) is 0. The molecule has 0 bridgehead atoms. The third kappa shape index (κ3) is 3.96. The minimum absolute atomic E-state index is 0.0263. The van der Waals surface area contributed by atoms with Crippen molar-refractivity contribution in [3.05, 3.63) is 71.7 Å². The highest BCUT2D eigenvalue weighted by Gasteiger charge is 2.36. The minimum atomic E-state index is -4.83. The van der Waals surface area contributed by atoms with E-state index in [4.69, 9.17) is 4.42 Å². The molecule has 6 nitrogen and oxygen atoms in total. The molecule has 12 heteroatoms. The quantitative estimate of drug-likeness (QED) is 0.440. The molecule has 1 N–H and O–H groups in total. The second-order valence-corrected chi connectivity index (χ2v) is 6.33. The molecule has 0 aliphatic heterocycles. The summed E-state index contributed by atoms with van der Waals surface area (Å²) >= 11 is 0. The van der Waals surface area contributed by atoms with Crippen molar-refractivity contribution < 1.29 is 35.6 Å². The number of benzene rings is 1. The van der Waals surface area contributed by atoms with Crippen molar-refractivity contribution in [1.29, 1.82) is 0 Å². The lowest BCUT2D eigenvalue weighted by Crippen LogP contribution is -2.16. The van der Waals surface area contributed by atoms with Gasteiger partial charge in [-0.25, -0.2) is 9.50 Å². The molecule has 3 heterocycles. The molecule has 0 spiro atoms. The second-order valence-electron chi connectivity index (χ2n) is 6.33. The number of rotatable bonds is 3. The Hall–Kier alpha value is -3.83. The highest BCUT2D eigenvalue weighted by Crippen LogP contribution is 2.33. The molecule has 0 saturated heterocycles. The molecule has 4 rings (SSSR count). The van der Waals surface area contributed by atoms with Crippen LogP contribution in [-0.2, 0) is 12.4 Å². The summed E-state index contributed by atoms with van der Waals surface area (Å²) < 4.78 is 84.7. The van der Waals surface area contributed by atoms with E-state index in [9.17, 15) is 31.1 Å². The number of nitrogens with zero attached hydrogens (tertiary/aromatic N) is 3. The summed E-state index contributed by atoms with van der Waals surface area (Å²) in [5.74, 6) is -0.954. The van der Waals surface area contributed by atoms with Crippen LogP contribution in [0.15, 0.2) is 59.3 Å². The summed E-state index contributed by atoms with van der Waals surface area (Å²) in [6, 6.07) is 7.37. The molecular formula is C19H10F6N4O2. The average Bonchev–Trinajstić information content (AvgIpc) is 3.36. The zero-order valence-electron chi connectivity index (χ0n) is 15.1. The highest BCUT2D eigenvalue weighted by molar-refractivity contribution is 6.08. The van der Waals surface area contributed by atoms with Crippen LogP contribution < -0.4 is 5.32 Å². The molecular weight excluding hydrogens is 430 g/mol. The van der Waals surface area contributed by atoms with Crippen molar-refractivity contribution in [3.8, 4) is 11.5 Å². The van der Waals surface area contributed by atoms with Gasteiger partial charge in [0.1, 0.15) is 11.3 Å². The number of hydrogen-bond donors (Lipinski definition) is 1. The van der Waals surface area contributed by atoms with E-state index in [0.29, 0.717) is 16.6 Å². The molecule has 1 amide bonds. The van der Waals surface area contributed by atoms with E-state index in [-0.39, 0.29) is 22.7 Å². The van der Waals surface area contributed by atoms with E-state index in [1.165, 1.54) is 24.5 Å². The van der Waals surface area contributed by atoms with E-state index in [2.05, 4.69) is 15.4 Å². The first-order chi connectivity index (χ1) is 14.5. The number of hydrogen-bond acceptors (Lipinski definition) is 4. The zero-order valence-corrected chi connectivity index (χ0v) is 15.1. The molecule has 0 aliphatic carbocycles. The monoisotopic (exact) mass is 440 g/mol. The Kier molecular flexibility index (Phi) is 4.71. The van der Waals surface area contributed by atoms with Gasteiger partial charge in [-0.15, -0.1) is 0 Å². The van der Waals surface area contributed by atoms with Gasteiger partial charge in [-0.3, -0.25) is 4.79 Å². The number of anilines is 1. The van der Waals surface area contributed by atoms with Gasteiger partial charge < -0.3 is 9.73 Å². The molecule has 0 aliphatic rings. The Balaban J connectivity index is 1.78. The third-order valence-corrected chi connectivity index (χ3v) is 4.23. The SMILES string of the molecule is O=C(Nc1cccc(C(F)(F)F)c1)c1cnn2c(C(F)(F)F)cc(-c3ccco3)nc12. The maximum absolute atomic E-state index is 13.5. The van der Waals surface area contributed by atoms with Crippen molar-refractivity contribution in [2.45, 2.75) is 12.4 Å². The van der Waals surface area contributed by atoms with Gasteiger partial charge in [-0.2, -0.15) is 31.4 Å². The normalized spacial score (nSPS) is 12.3. The maximum atomic E-state index is 13.5.